The van der Waals surface area contributed by atoms with Gasteiger partial charge in [-0.25, -0.2) is 0 Å². The van der Waals surface area contributed by atoms with Gasteiger partial charge < -0.3 is 10.2 Å². The molecule has 4 atom stereocenters. The molecule has 2 rings (SSSR count). The smallest absolute Gasteiger partial charge is 0.240 e. The van der Waals surface area contributed by atoms with Crippen LogP contribution < -0.4 is 5.32 Å². The Balaban J connectivity index is 1.97. The minimum absolute atomic E-state index is 0.0894. The van der Waals surface area contributed by atoms with E-state index in [4.69, 9.17) is 0 Å². The monoisotopic (exact) mass is 238 g/mol. The van der Waals surface area contributed by atoms with Gasteiger partial charge in [0.25, 0.3) is 0 Å². The Kier molecular flexibility index (Phi) is 4.08. The molecule has 1 heterocycles. The molecule has 1 aliphatic carbocycles. The molecule has 0 spiro atoms. The van der Waals surface area contributed by atoms with Crippen molar-refractivity contribution >= 4 is 5.91 Å². The fourth-order valence-corrected chi connectivity index (χ4v) is 3.58. The Morgan fingerprint density at radius 3 is 2.71 bits per heavy atom. The van der Waals surface area contributed by atoms with Crippen LogP contribution in [0.25, 0.3) is 0 Å². The summed E-state index contributed by atoms with van der Waals surface area (Å²) in [6.07, 6.45) is 4.75. The molecule has 0 aromatic heterocycles. The van der Waals surface area contributed by atoms with E-state index in [-0.39, 0.29) is 6.04 Å². The van der Waals surface area contributed by atoms with Crippen molar-refractivity contribution in [3.63, 3.8) is 0 Å². The van der Waals surface area contributed by atoms with Crippen LogP contribution >= 0.6 is 0 Å². The summed E-state index contributed by atoms with van der Waals surface area (Å²) in [4.78, 5) is 14.4. The number of amides is 1. The molecule has 0 aromatic rings. The van der Waals surface area contributed by atoms with Crippen molar-refractivity contribution in [2.45, 2.75) is 58.5 Å². The van der Waals surface area contributed by atoms with Crippen LogP contribution in [0.2, 0.25) is 0 Å². The maximum Gasteiger partial charge on any atom is 0.240 e. The van der Waals surface area contributed by atoms with Gasteiger partial charge in [0.15, 0.2) is 0 Å². The van der Waals surface area contributed by atoms with E-state index >= 15 is 0 Å². The Hall–Kier alpha value is -0.570. The van der Waals surface area contributed by atoms with Crippen LogP contribution in [0.5, 0.6) is 0 Å². The van der Waals surface area contributed by atoms with Gasteiger partial charge in [-0.1, -0.05) is 20.8 Å². The predicted octanol–water partition coefficient (Wildman–Crippen LogP) is 2.02. The highest BCUT2D eigenvalue weighted by Crippen LogP contribution is 2.33. The van der Waals surface area contributed by atoms with Crippen LogP contribution in [0.1, 0.15) is 46.5 Å². The van der Waals surface area contributed by atoms with Gasteiger partial charge in [-0.05, 0) is 44.1 Å². The lowest BCUT2D eigenvalue weighted by atomic mass is 9.79. The molecule has 98 valence electrons. The first-order chi connectivity index (χ1) is 8.13. The number of likely N-dealkylation sites (tertiary alicyclic amines) is 1. The maximum atomic E-state index is 12.3. The van der Waals surface area contributed by atoms with Gasteiger partial charge in [-0.15, -0.1) is 0 Å². The number of rotatable bonds is 3. The predicted molar refractivity (Wildman–Crippen MR) is 69.8 cm³/mol. The van der Waals surface area contributed by atoms with Crippen molar-refractivity contribution < 1.29 is 4.79 Å². The summed E-state index contributed by atoms with van der Waals surface area (Å²) in [5.74, 6) is 1.85. The fourth-order valence-electron chi connectivity index (χ4n) is 3.58. The lowest BCUT2D eigenvalue weighted by molar-refractivity contribution is -0.133. The molecule has 3 heteroatoms. The highest BCUT2D eigenvalue weighted by Gasteiger charge is 2.39. The van der Waals surface area contributed by atoms with E-state index in [0.29, 0.717) is 17.9 Å². The molecular weight excluding hydrogens is 212 g/mol. The van der Waals surface area contributed by atoms with Crippen molar-refractivity contribution in [3.05, 3.63) is 0 Å². The summed E-state index contributed by atoms with van der Waals surface area (Å²) in [5.41, 5.74) is 0. The normalized spacial score (nSPS) is 38.8. The minimum atomic E-state index is 0.0894. The third kappa shape index (κ3) is 2.65. The Bertz CT molecular complexity index is 279. The minimum Gasteiger partial charge on any atom is -0.338 e. The molecule has 0 bridgehead atoms. The first-order valence-electron chi connectivity index (χ1n) is 7.17. The van der Waals surface area contributed by atoms with Crippen molar-refractivity contribution in [2.24, 2.45) is 11.8 Å². The Morgan fingerprint density at radius 2 is 2.06 bits per heavy atom. The van der Waals surface area contributed by atoms with Crippen LogP contribution in [0.15, 0.2) is 0 Å². The van der Waals surface area contributed by atoms with Crippen molar-refractivity contribution in [1.82, 2.24) is 10.2 Å². The Labute approximate surface area is 105 Å². The largest absolute Gasteiger partial charge is 0.338 e. The van der Waals surface area contributed by atoms with Crippen molar-refractivity contribution in [2.75, 3.05) is 13.1 Å². The second-order valence-electron chi connectivity index (χ2n) is 5.89. The van der Waals surface area contributed by atoms with E-state index in [1.807, 2.05) is 0 Å². The summed E-state index contributed by atoms with van der Waals surface area (Å²) in [6, 6.07) is 0.592. The number of likely N-dealkylation sites (N-methyl/N-ethyl adjacent to an activating group) is 1. The van der Waals surface area contributed by atoms with E-state index in [0.717, 1.165) is 25.4 Å². The van der Waals surface area contributed by atoms with Crippen LogP contribution in [0.4, 0.5) is 0 Å². The molecule has 1 aliphatic heterocycles. The van der Waals surface area contributed by atoms with Crippen LogP contribution in [-0.2, 0) is 4.79 Å². The van der Waals surface area contributed by atoms with Gasteiger partial charge >= 0.3 is 0 Å². The number of carbonyl (C=O) groups excluding carboxylic acids is 1. The standard InChI is InChI=1S/C14H26N2O/c1-4-15-12-7-8-16(14(12)17)13-6-5-10(2)9-11(13)3/h10-13,15H,4-9H2,1-3H3. The molecule has 1 N–H and O–H groups in total. The molecule has 0 aromatic carbocycles. The average molecular weight is 238 g/mol. The summed E-state index contributed by atoms with van der Waals surface area (Å²) in [5, 5.41) is 3.30. The third-order valence-corrected chi connectivity index (χ3v) is 4.48. The van der Waals surface area contributed by atoms with Gasteiger partial charge in [0.2, 0.25) is 5.91 Å². The highest BCUT2D eigenvalue weighted by atomic mass is 16.2. The molecule has 1 saturated carbocycles. The summed E-state index contributed by atoms with van der Waals surface area (Å²) >= 11 is 0. The van der Waals surface area contributed by atoms with Gasteiger partial charge in [0.1, 0.15) is 0 Å². The zero-order chi connectivity index (χ0) is 12.4. The number of hydrogen-bond acceptors (Lipinski definition) is 2. The first-order valence-corrected chi connectivity index (χ1v) is 7.17. The lowest BCUT2D eigenvalue weighted by Gasteiger charge is -2.38. The van der Waals surface area contributed by atoms with Gasteiger partial charge in [0.05, 0.1) is 6.04 Å². The van der Waals surface area contributed by atoms with E-state index in [1.165, 1.54) is 19.3 Å². The topological polar surface area (TPSA) is 32.3 Å². The third-order valence-electron chi connectivity index (χ3n) is 4.48. The van der Waals surface area contributed by atoms with Crippen molar-refractivity contribution in [1.29, 1.82) is 0 Å². The molecular formula is C14H26N2O. The zero-order valence-electron chi connectivity index (χ0n) is 11.4. The van der Waals surface area contributed by atoms with Gasteiger partial charge in [0, 0.05) is 12.6 Å². The summed E-state index contributed by atoms with van der Waals surface area (Å²) in [6.45, 7) is 8.57. The number of carbonyl (C=O) groups is 1. The van der Waals surface area contributed by atoms with Gasteiger partial charge in [-0.2, -0.15) is 0 Å². The molecule has 1 amide bonds. The maximum absolute atomic E-state index is 12.3. The van der Waals surface area contributed by atoms with E-state index < -0.39 is 0 Å². The average Bonchev–Trinajstić information content (AvgIpc) is 2.62. The second kappa shape index (κ2) is 5.38. The summed E-state index contributed by atoms with van der Waals surface area (Å²) in [7, 11) is 0. The van der Waals surface area contributed by atoms with E-state index in [1.54, 1.807) is 0 Å². The van der Waals surface area contributed by atoms with Crippen LogP contribution in [-0.4, -0.2) is 36.0 Å². The molecule has 3 nitrogen and oxygen atoms in total. The van der Waals surface area contributed by atoms with Crippen molar-refractivity contribution in [3.8, 4) is 0 Å². The quantitative estimate of drug-likeness (QED) is 0.816. The number of hydrogen-bond donors (Lipinski definition) is 1. The molecule has 2 fully saturated rings. The molecule has 1 saturated heterocycles. The number of nitrogens with one attached hydrogen (secondary N) is 1. The molecule has 17 heavy (non-hydrogen) atoms. The molecule has 2 aliphatic rings. The van der Waals surface area contributed by atoms with E-state index in [9.17, 15) is 4.79 Å². The SMILES string of the molecule is CCNC1CCN(C2CCC(C)CC2C)C1=O. The van der Waals surface area contributed by atoms with Crippen LogP contribution in [0.3, 0.4) is 0 Å². The second-order valence-corrected chi connectivity index (χ2v) is 5.89. The highest BCUT2D eigenvalue weighted by molar-refractivity contribution is 5.84. The first kappa shape index (κ1) is 12.9. The molecule has 0 radical (unpaired) electrons. The summed E-state index contributed by atoms with van der Waals surface area (Å²) < 4.78 is 0. The molecule has 4 unspecified atom stereocenters. The van der Waals surface area contributed by atoms with Crippen LogP contribution in [0, 0.1) is 11.8 Å². The fraction of sp³-hybridized carbons (Fsp3) is 0.929. The van der Waals surface area contributed by atoms with Gasteiger partial charge in [-0.3, -0.25) is 4.79 Å². The van der Waals surface area contributed by atoms with E-state index in [2.05, 4.69) is 31.0 Å². The zero-order valence-corrected chi connectivity index (χ0v) is 11.4. The Morgan fingerprint density at radius 1 is 1.29 bits per heavy atom. The lowest BCUT2D eigenvalue weighted by Crippen LogP contribution is -2.47. The number of nitrogens with zero attached hydrogens (tertiary/aromatic N) is 1.